The number of hydrogen-bond acceptors (Lipinski definition) is 4. The Kier molecular flexibility index (Phi) is 4.50. The first-order valence-electron chi connectivity index (χ1n) is 7.81. The predicted octanol–water partition coefficient (Wildman–Crippen LogP) is 4.84. The van der Waals surface area contributed by atoms with Gasteiger partial charge in [-0.1, -0.05) is 35.5 Å². The second kappa shape index (κ2) is 6.49. The van der Waals surface area contributed by atoms with E-state index in [1.807, 2.05) is 0 Å². The molecule has 2 N–H and O–H groups in total. The van der Waals surface area contributed by atoms with E-state index in [2.05, 4.69) is 5.16 Å². The van der Waals surface area contributed by atoms with Crippen molar-refractivity contribution in [3.63, 3.8) is 0 Å². The average molecular weight is 363 g/mol. The second-order valence-electron chi connectivity index (χ2n) is 5.89. The van der Waals surface area contributed by atoms with E-state index in [1.165, 1.54) is 0 Å². The van der Waals surface area contributed by atoms with Gasteiger partial charge in [0.05, 0.1) is 17.9 Å². The van der Waals surface area contributed by atoms with Crippen LogP contribution in [0.1, 0.15) is 22.6 Å². The van der Waals surface area contributed by atoms with Gasteiger partial charge < -0.3 is 14.7 Å². The normalized spacial score (nSPS) is 11.8. The van der Waals surface area contributed by atoms with Crippen molar-refractivity contribution < 1.29 is 27.9 Å². The Bertz CT molecular complexity index is 927. The number of rotatable bonds is 3. The summed E-state index contributed by atoms with van der Waals surface area (Å²) < 4.78 is 45.4. The highest BCUT2D eigenvalue weighted by Crippen LogP contribution is 2.47. The molecule has 0 spiro atoms. The highest BCUT2D eigenvalue weighted by Gasteiger charge is 2.37. The van der Waals surface area contributed by atoms with E-state index in [4.69, 9.17) is 4.52 Å². The molecule has 3 aromatic rings. The third-order valence-electron chi connectivity index (χ3n) is 4.23. The summed E-state index contributed by atoms with van der Waals surface area (Å²) in [6, 6.07) is 9.36. The standard InChI is InChI=1S/C19H16F3NO3/c1-10-16(11(2)26-23-10)17-13(12-6-4-3-5-7-12)8-15(19(20,21)22)18(25)14(17)9-24/h3-8,24-25H,9H2,1-2H3. The van der Waals surface area contributed by atoms with Gasteiger partial charge in [0.15, 0.2) is 0 Å². The van der Waals surface area contributed by atoms with Crippen LogP contribution in [-0.4, -0.2) is 15.4 Å². The van der Waals surface area contributed by atoms with Crippen LogP contribution in [0.5, 0.6) is 5.75 Å². The zero-order chi connectivity index (χ0) is 19.1. The summed E-state index contributed by atoms with van der Waals surface area (Å²) in [7, 11) is 0. The predicted molar refractivity (Wildman–Crippen MR) is 89.4 cm³/mol. The Balaban J connectivity index is 2.48. The minimum Gasteiger partial charge on any atom is -0.507 e. The van der Waals surface area contributed by atoms with E-state index in [1.54, 1.807) is 44.2 Å². The summed E-state index contributed by atoms with van der Waals surface area (Å²) in [5, 5.41) is 23.8. The van der Waals surface area contributed by atoms with Gasteiger partial charge >= 0.3 is 6.18 Å². The molecular weight excluding hydrogens is 347 g/mol. The minimum atomic E-state index is -4.77. The van der Waals surface area contributed by atoms with Crippen LogP contribution in [0.25, 0.3) is 22.3 Å². The van der Waals surface area contributed by atoms with Gasteiger partial charge in [-0.2, -0.15) is 13.2 Å². The molecule has 0 fully saturated rings. The number of benzene rings is 2. The topological polar surface area (TPSA) is 66.5 Å². The molecule has 0 saturated carbocycles. The van der Waals surface area contributed by atoms with Crippen LogP contribution in [0.15, 0.2) is 40.9 Å². The number of aliphatic hydroxyl groups excluding tert-OH is 1. The van der Waals surface area contributed by atoms with E-state index < -0.39 is 24.1 Å². The lowest BCUT2D eigenvalue weighted by Crippen LogP contribution is -2.09. The first-order valence-corrected chi connectivity index (χ1v) is 7.81. The maximum absolute atomic E-state index is 13.4. The number of hydrogen-bond donors (Lipinski definition) is 2. The molecule has 136 valence electrons. The first-order chi connectivity index (χ1) is 12.3. The highest BCUT2D eigenvalue weighted by molar-refractivity contribution is 5.89. The van der Waals surface area contributed by atoms with Gasteiger partial charge in [-0.25, -0.2) is 0 Å². The fourth-order valence-corrected chi connectivity index (χ4v) is 3.07. The SMILES string of the molecule is Cc1noc(C)c1-c1c(-c2ccccc2)cc(C(F)(F)F)c(O)c1CO. The maximum atomic E-state index is 13.4. The zero-order valence-electron chi connectivity index (χ0n) is 14.1. The van der Waals surface area contributed by atoms with Crippen molar-refractivity contribution in [2.45, 2.75) is 26.6 Å². The molecule has 0 atom stereocenters. The number of nitrogens with zero attached hydrogens (tertiary/aromatic N) is 1. The summed E-state index contributed by atoms with van der Waals surface area (Å²) in [4.78, 5) is 0. The third-order valence-corrected chi connectivity index (χ3v) is 4.23. The Labute approximate surface area is 147 Å². The molecule has 0 aliphatic rings. The van der Waals surface area contributed by atoms with Crippen molar-refractivity contribution in [1.29, 1.82) is 0 Å². The lowest BCUT2D eigenvalue weighted by atomic mass is 9.87. The van der Waals surface area contributed by atoms with E-state index in [0.717, 1.165) is 6.07 Å². The molecule has 4 nitrogen and oxygen atoms in total. The summed E-state index contributed by atoms with van der Waals surface area (Å²) in [5.74, 6) is -0.608. The van der Waals surface area contributed by atoms with Crippen molar-refractivity contribution in [2.75, 3.05) is 0 Å². The smallest absolute Gasteiger partial charge is 0.419 e. The second-order valence-corrected chi connectivity index (χ2v) is 5.89. The number of aromatic hydroxyl groups is 1. The molecule has 26 heavy (non-hydrogen) atoms. The summed E-state index contributed by atoms with van der Waals surface area (Å²) in [6.07, 6.45) is -4.77. The Morgan fingerprint density at radius 3 is 2.23 bits per heavy atom. The number of phenols is 1. The molecule has 0 unspecified atom stereocenters. The van der Waals surface area contributed by atoms with Crippen LogP contribution in [-0.2, 0) is 12.8 Å². The van der Waals surface area contributed by atoms with Gasteiger partial charge in [-0.05, 0) is 31.0 Å². The quantitative estimate of drug-likeness (QED) is 0.699. The summed E-state index contributed by atoms with van der Waals surface area (Å²) in [5.41, 5.74) is 0.520. The Morgan fingerprint density at radius 2 is 1.73 bits per heavy atom. The van der Waals surface area contributed by atoms with Crippen molar-refractivity contribution in [1.82, 2.24) is 5.16 Å². The zero-order valence-corrected chi connectivity index (χ0v) is 14.1. The van der Waals surface area contributed by atoms with Gasteiger partial charge in [-0.15, -0.1) is 0 Å². The van der Waals surface area contributed by atoms with E-state index >= 15 is 0 Å². The molecule has 1 heterocycles. The molecule has 0 bridgehead atoms. The Morgan fingerprint density at radius 1 is 1.08 bits per heavy atom. The summed E-state index contributed by atoms with van der Waals surface area (Å²) in [6.45, 7) is 2.51. The van der Waals surface area contributed by atoms with Crippen LogP contribution >= 0.6 is 0 Å². The van der Waals surface area contributed by atoms with Gasteiger partial charge in [0.1, 0.15) is 11.5 Å². The minimum absolute atomic E-state index is 0.215. The summed E-state index contributed by atoms with van der Waals surface area (Å²) >= 11 is 0. The van der Waals surface area contributed by atoms with E-state index in [9.17, 15) is 23.4 Å². The molecule has 3 rings (SSSR count). The monoisotopic (exact) mass is 363 g/mol. The Hall–Kier alpha value is -2.80. The molecule has 0 aliphatic carbocycles. The van der Waals surface area contributed by atoms with Crippen LogP contribution in [0.4, 0.5) is 13.2 Å². The van der Waals surface area contributed by atoms with Crippen molar-refractivity contribution >= 4 is 0 Å². The fraction of sp³-hybridized carbons (Fsp3) is 0.211. The van der Waals surface area contributed by atoms with Crippen molar-refractivity contribution in [2.24, 2.45) is 0 Å². The maximum Gasteiger partial charge on any atom is 0.419 e. The van der Waals surface area contributed by atoms with Crippen LogP contribution < -0.4 is 0 Å². The van der Waals surface area contributed by atoms with Crippen molar-refractivity contribution in [3.05, 3.63) is 59.0 Å². The molecule has 0 amide bonds. The van der Waals surface area contributed by atoms with Crippen LogP contribution in [0, 0.1) is 13.8 Å². The van der Waals surface area contributed by atoms with E-state index in [-0.39, 0.29) is 16.7 Å². The van der Waals surface area contributed by atoms with Crippen LogP contribution in [0.3, 0.4) is 0 Å². The van der Waals surface area contributed by atoms with Crippen molar-refractivity contribution in [3.8, 4) is 28.0 Å². The molecule has 2 aromatic carbocycles. The van der Waals surface area contributed by atoms with Crippen LogP contribution in [0.2, 0.25) is 0 Å². The molecule has 0 saturated heterocycles. The van der Waals surface area contributed by atoms with E-state index in [0.29, 0.717) is 22.6 Å². The van der Waals surface area contributed by atoms with Gasteiger partial charge in [0.25, 0.3) is 0 Å². The van der Waals surface area contributed by atoms with Gasteiger partial charge in [0.2, 0.25) is 0 Å². The number of aryl methyl sites for hydroxylation is 2. The highest BCUT2D eigenvalue weighted by atomic mass is 19.4. The lowest BCUT2D eigenvalue weighted by molar-refractivity contribution is -0.138. The molecule has 1 aromatic heterocycles. The number of aromatic nitrogens is 1. The molecule has 7 heteroatoms. The molecular formula is C19H16F3NO3. The first kappa shape index (κ1) is 18.0. The fourth-order valence-electron chi connectivity index (χ4n) is 3.07. The average Bonchev–Trinajstić information content (AvgIpc) is 2.92. The molecule has 0 aliphatic heterocycles. The number of aliphatic hydroxyl groups is 1. The number of halogens is 3. The molecule has 0 radical (unpaired) electrons. The van der Waals surface area contributed by atoms with Gasteiger partial charge in [0, 0.05) is 16.7 Å². The number of alkyl halides is 3. The largest absolute Gasteiger partial charge is 0.507 e. The lowest BCUT2D eigenvalue weighted by Gasteiger charge is -2.20. The van der Waals surface area contributed by atoms with Gasteiger partial charge in [-0.3, -0.25) is 0 Å². The third kappa shape index (κ3) is 2.94.